The molecule has 0 saturated carbocycles. The summed E-state index contributed by atoms with van der Waals surface area (Å²) < 4.78 is 5.17. The van der Waals surface area contributed by atoms with E-state index >= 15 is 0 Å². The Balaban J connectivity index is 3.01. The summed E-state index contributed by atoms with van der Waals surface area (Å²) in [6.45, 7) is 9.08. The molecule has 1 rings (SSSR count). The zero-order chi connectivity index (χ0) is 16.9. The molecule has 22 heavy (non-hydrogen) atoms. The average molecular weight is 307 g/mol. The molecule has 2 unspecified atom stereocenters. The number of hydrogen-bond donors (Lipinski definition) is 2. The molecule has 0 spiro atoms. The Kier molecular flexibility index (Phi) is 5.97. The van der Waals surface area contributed by atoms with Gasteiger partial charge in [0.2, 0.25) is 0 Å². The number of amides is 1. The molecule has 0 bridgehead atoms. The molecule has 0 aromatic heterocycles. The number of carbonyl (C=O) groups is 2. The number of carbonyl (C=O) groups excluding carboxylic acids is 1. The molecule has 1 aromatic carbocycles. The lowest BCUT2D eigenvalue weighted by Gasteiger charge is -2.29. The van der Waals surface area contributed by atoms with Crippen LogP contribution in [0.5, 0.6) is 0 Å². The van der Waals surface area contributed by atoms with E-state index in [-0.39, 0.29) is 11.8 Å². The van der Waals surface area contributed by atoms with Gasteiger partial charge < -0.3 is 15.2 Å². The van der Waals surface area contributed by atoms with E-state index in [0.717, 1.165) is 5.56 Å². The van der Waals surface area contributed by atoms with Gasteiger partial charge in [0, 0.05) is 5.92 Å². The van der Waals surface area contributed by atoms with Crippen LogP contribution >= 0.6 is 0 Å². The van der Waals surface area contributed by atoms with Gasteiger partial charge in [0.1, 0.15) is 11.6 Å². The minimum atomic E-state index is -1.08. The van der Waals surface area contributed by atoms with Crippen molar-refractivity contribution >= 4 is 12.1 Å². The minimum Gasteiger partial charge on any atom is -0.480 e. The van der Waals surface area contributed by atoms with E-state index in [9.17, 15) is 14.7 Å². The van der Waals surface area contributed by atoms with Gasteiger partial charge in [0.05, 0.1) is 0 Å². The van der Waals surface area contributed by atoms with E-state index in [1.165, 1.54) is 0 Å². The molecule has 2 N–H and O–H groups in total. The van der Waals surface area contributed by atoms with Gasteiger partial charge in [0.15, 0.2) is 0 Å². The Morgan fingerprint density at radius 1 is 1.14 bits per heavy atom. The number of aliphatic carboxylic acids is 1. The fraction of sp³-hybridized carbons (Fsp3) is 0.529. The van der Waals surface area contributed by atoms with E-state index in [4.69, 9.17) is 4.74 Å². The fourth-order valence-electron chi connectivity index (χ4n) is 2.38. The van der Waals surface area contributed by atoms with E-state index in [2.05, 4.69) is 5.32 Å². The summed E-state index contributed by atoms with van der Waals surface area (Å²) in [6, 6.07) is 8.29. The van der Waals surface area contributed by atoms with Crippen LogP contribution in [0.25, 0.3) is 0 Å². The summed E-state index contributed by atoms with van der Waals surface area (Å²) in [5, 5.41) is 12.0. The molecule has 2 atom stereocenters. The summed E-state index contributed by atoms with van der Waals surface area (Å²) in [4.78, 5) is 23.6. The van der Waals surface area contributed by atoms with Crippen LogP contribution in [0.1, 0.15) is 46.1 Å². The van der Waals surface area contributed by atoms with Crippen molar-refractivity contribution < 1.29 is 19.4 Å². The van der Waals surface area contributed by atoms with Crippen LogP contribution < -0.4 is 5.32 Å². The Hall–Kier alpha value is -2.04. The first-order valence-corrected chi connectivity index (χ1v) is 7.39. The molecule has 1 aromatic rings. The first-order valence-electron chi connectivity index (χ1n) is 7.39. The first kappa shape index (κ1) is 18.0. The van der Waals surface area contributed by atoms with Crippen LogP contribution in [0.4, 0.5) is 4.79 Å². The van der Waals surface area contributed by atoms with Crippen molar-refractivity contribution in [1.82, 2.24) is 5.32 Å². The second-order valence-corrected chi connectivity index (χ2v) is 6.64. The van der Waals surface area contributed by atoms with Gasteiger partial charge >= 0.3 is 12.1 Å². The van der Waals surface area contributed by atoms with Gasteiger partial charge in [-0.1, -0.05) is 44.2 Å². The molecule has 1 amide bonds. The molecule has 0 heterocycles. The van der Waals surface area contributed by atoms with Crippen molar-refractivity contribution in [3.8, 4) is 0 Å². The standard InChI is InChI=1S/C17H25NO4/c1-11(2)13(12-9-7-6-8-10-12)14(15(19)20)18-16(21)22-17(3,4)5/h6-11,13-14H,1-5H3,(H,18,21)(H,19,20). The van der Waals surface area contributed by atoms with Gasteiger partial charge in [-0.15, -0.1) is 0 Å². The first-order chi connectivity index (χ1) is 10.1. The largest absolute Gasteiger partial charge is 0.480 e. The van der Waals surface area contributed by atoms with Crippen LogP contribution in [-0.4, -0.2) is 28.8 Å². The molecule has 122 valence electrons. The molecule has 0 saturated heterocycles. The lowest BCUT2D eigenvalue weighted by Crippen LogP contribution is -2.48. The third kappa shape index (κ3) is 5.39. The lowest BCUT2D eigenvalue weighted by atomic mass is 9.82. The van der Waals surface area contributed by atoms with Gasteiger partial charge in [-0.2, -0.15) is 0 Å². The molecular weight excluding hydrogens is 282 g/mol. The van der Waals surface area contributed by atoms with Gasteiger partial charge in [-0.25, -0.2) is 9.59 Å². The maximum absolute atomic E-state index is 11.9. The van der Waals surface area contributed by atoms with Gasteiger partial charge in [-0.3, -0.25) is 0 Å². The van der Waals surface area contributed by atoms with Crippen LogP contribution in [0, 0.1) is 5.92 Å². The normalized spacial score (nSPS) is 14.3. The molecule has 5 heteroatoms. The predicted molar refractivity (Wildman–Crippen MR) is 84.8 cm³/mol. The Labute approximate surface area is 131 Å². The molecule has 0 aliphatic heterocycles. The maximum atomic E-state index is 11.9. The highest BCUT2D eigenvalue weighted by Gasteiger charge is 2.34. The number of hydrogen-bond acceptors (Lipinski definition) is 3. The zero-order valence-corrected chi connectivity index (χ0v) is 13.8. The van der Waals surface area contributed by atoms with Crippen molar-refractivity contribution in [2.45, 2.75) is 52.2 Å². The van der Waals surface area contributed by atoms with Crippen LogP contribution in [0.3, 0.4) is 0 Å². The lowest BCUT2D eigenvalue weighted by molar-refractivity contribution is -0.140. The van der Waals surface area contributed by atoms with Crippen LogP contribution in [-0.2, 0) is 9.53 Å². The Morgan fingerprint density at radius 3 is 2.09 bits per heavy atom. The van der Waals surface area contributed by atoms with E-state index < -0.39 is 23.7 Å². The zero-order valence-electron chi connectivity index (χ0n) is 13.8. The summed E-state index contributed by atoms with van der Waals surface area (Å²) >= 11 is 0. The molecule has 0 fully saturated rings. The predicted octanol–water partition coefficient (Wildman–Crippen LogP) is 3.40. The quantitative estimate of drug-likeness (QED) is 0.874. The highest BCUT2D eigenvalue weighted by Crippen LogP contribution is 2.28. The molecule has 0 radical (unpaired) electrons. The number of benzene rings is 1. The molecule has 5 nitrogen and oxygen atoms in total. The smallest absolute Gasteiger partial charge is 0.408 e. The summed E-state index contributed by atoms with van der Waals surface area (Å²) in [5.74, 6) is -1.38. The molecule has 0 aliphatic rings. The number of rotatable bonds is 5. The van der Waals surface area contributed by atoms with Crippen molar-refractivity contribution in [3.63, 3.8) is 0 Å². The molecule has 0 aliphatic carbocycles. The monoisotopic (exact) mass is 307 g/mol. The van der Waals surface area contributed by atoms with Crippen LogP contribution in [0.15, 0.2) is 30.3 Å². The summed E-state index contributed by atoms with van der Waals surface area (Å²) in [5.41, 5.74) is 0.202. The second kappa shape index (κ2) is 7.29. The van der Waals surface area contributed by atoms with Crippen molar-refractivity contribution in [3.05, 3.63) is 35.9 Å². The number of carboxylic acid groups (broad SMARTS) is 1. The maximum Gasteiger partial charge on any atom is 0.408 e. The minimum absolute atomic E-state index is 0.0402. The van der Waals surface area contributed by atoms with Crippen molar-refractivity contribution in [1.29, 1.82) is 0 Å². The SMILES string of the molecule is CC(C)C(c1ccccc1)C(NC(=O)OC(C)(C)C)C(=O)O. The van der Waals surface area contributed by atoms with Crippen LogP contribution in [0.2, 0.25) is 0 Å². The van der Waals surface area contributed by atoms with Gasteiger partial charge in [0.25, 0.3) is 0 Å². The summed E-state index contributed by atoms with van der Waals surface area (Å²) in [6.07, 6.45) is -0.721. The van der Waals surface area contributed by atoms with E-state index in [0.29, 0.717) is 0 Å². The van der Waals surface area contributed by atoms with E-state index in [1.807, 2.05) is 44.2 Å². The second-order valence-electron chi connectivity index (χ2n) is 6.64. The highest BCUT2D eigenvalue weighted by atomic mass is 16.6. The van der Waals surface area contributed by atoms with E-state index in [1.54, 1.807) is 20.8 Å². The van der Waals surface area contributed by atoms with Gasteiger partial charge in [-0.05, 0) is 32.3 Å². The highest BCUT2D eigenvalue weighted by molar-refractivity contribution is 5.81. The number of alkyl carbamates (subject to hydrolysis) is 1. The topological polar surface area (TPSA) is 75.6 Å². The third-order valence-electron chi connectivity index (χ3n) is 3.20. The fourth-order valence-corrected chi connectivity index (χ4v) is 2.38. The number of nitrogens with one attached hydrogen (secondary N) is 1. The number of carboxylic acids is 1. The van der Waals surface area contributed by atoms with Crippen molar-refractivity contribution in [2.75, 3.05) is 0 Å². The Morgan fingerprint density at radius 2 is 1.68 bits per heavy atom. The average Bonchev–Trinajstić information content (AvgIpc) is 2.36. The molecular formula is C17H25NO4. The Bertz CT molecular complexity index is 505. The third-order valence-corrected chi connectivity index (χ3v) is 3.20. The van der Waals surface area contributed by atoms with Crippen molar-refractivity contribution in [2.24, 2.45) is 5.92 Å². The number of ether oxygens (including phenoxy) is 1. The summed E-state index contributed by atoms with van der Waals surface area (Å²) in [7, 11) is 0.